The molecular weight excluding hydrogens is 574 g/mol. The zero-order valence-electron chi connectivity index (χ0n) is 22.3. The number of benzene rings is 3. The Morgan fingerprint density at radius 3 is 2.21 bits per heavy atom. The number of carbonyl (C=O) groups is 4. The van der Waals surface area contributed by atoms with E-state index < -0.39 is 47.2 Å². The van der Waals surface area contributed by atoms with Crippen molar-refractivity contribution in [3.05, 3.63) is 106 Å². The van der Waals surface area contributed by atoms with Crippen LogP contribution in [0.4, 0.5) is 17.6 Å². The number of ether oxygens (including phenoxy) is 2. The Labute approximate surface area is 241 Å². The molecule has 0 unspecified atom stereocenters. The molecule has 5 rings (SSSR count). The number of halogens is 4. The molecule has 0 spiro atoms. The summed E-state index contributed by atoms with van der Waals surface area (Å²) in [5, 5.41) is 11.2. The third kappa shape index (κ3) is 6.49. The van der Waals surface area contributed by atoms with Crippen molar-refractivity contribution in [1.82, 2.24) is 5.32 Å². The Hall–Kier alpha value is -4.84. The lowest BCUT2D eigenvalue weighted by Crippen LogP contribution is -2.41. The molecule has 12 heteroatoms. The van der Waals surface area contributed by atoms with E-state index in [4.69, 9.17) is 5.11 Å². The number of allylic oxidation sites excluding steroid dienone is 2. The van der Waals surface area contributed by atoms with E-state index in [0.717, 1.165) is 48.6 Å². The van der Waals surface area contributed by atoms with Crippen LogP contribution in [0.1, 0.15) is 66.2 Å². The molecular formula is C31H23F4NO7. The van der Waals surface area contributed by atoms with Crippen molar-refractivity contribution in [2.24, 2.45) is 0 Å². The first-order valence-electron chi connectivity index (χ1n) is 13.2. The maximum absolute atomic E-state index is 14.3. The van der Waals surface area contributed by atoms with Gasteiger partial charge in [-0.15, -0.1) is 8.78 Å². The summed E-state index contributed by atoms with van der Waals surface area (Å²) in [5.74, 6) is -3.93. The zero-order chi connectivity index (χ0) is 30.9. The highest BCUT2D eigenvalue weighted by atomic mass is 19.3. The molecule has 1 aliphatic heterocycles. The molecule has 0 saturated heterocycles. The third-order valence-corrected chi connectivity index (χ3v) is 7.02. The number of carbonyl (C=O) groups excluding carboxylic acids is 3. The number of carboxylic acid groups (broad SMARTS) is 1. The molecule has 1 amide bonds. The fourth-order valence-electron chi connectivity index (χ4n) is 4.90. The summed E-state index contributed by atoms with van der Waals surface area (Å²) in [4.78, 5) is 50.0. The third-order valence-electron chi connectivity index (χ3n) is 7.02. The van der Waals surface area contributed by atoms with Crippen molar-refractivity contribution in [2.75, 3.05) is 6.54 Å². The van der Waals surface area contributed by atoms with Gasteiger partial charge in [-0.1, -0.05) is 30.3 Å². The Balaban J connectivity index is 1.47. The van der Waals surface area contributed by atoms with Crippen LogP contribution in [-0.4, -0.2) is 41.4 Å². The van der Waals surface area contributed by atoms with Gasteiger partial charge in [-0.25, -0.2) is 4.74 Å². The van der Waals surface area contributed by atoms with E-state index in [-0.39, 0.29) is 35.2 Å². The zero-order valence-corrected chi connectivity index (χ0v) is 22.3. The van der Waals surface area contributed by atoms with Crippen molar-refractivity contribution < 1.29 is 51.3 Å². The standard InChI is InChI=1S/C31H23F4NO7/c32-30(33)24-15-22(10-11-26(24)42-31(34,35)43-30)25(37)16-23(21-9-4-17-2-1-3-20(17)14-21)28(40)18-5-7-19(8-6-18)29(41)36-13-12-27(38)39/h4-11,14-16H,1-3,12-13H2,(H,36,41)(H,38,39). The molecule has 2 aliphatic rings. The van der Waals surface area contributed by atoms with Crippen LogP contribution in [0.5, 0.6) is 5.75 Å². The van der Waals surface area contributed by atoms with Crippen LogP contribution in [0.25, 0.3) is 5.57 Å². The number of hydrogen-bond acceptors (Lipinski definition) is 6. The van der Waals surface area contributed by atoms with Crippen LogP contribution in [0.3, 0.4) is 0 Å². The number of nitrogens with one attached hydrogen (secondary N) is 1. The van der Waals surface area contributed by atoms with Crippen LogP contribution < -0.4 is 10.1 Å². The number of rotatable bonds is 9. The number of amides is 1. The lowest BCUT2D eigenvalue weighted by atomic mass is 9.92. The summed E-state index contributed by atoms with van der Waals surface area (Å²) in [6.07, 6.45) is -5.72. The minimum Gasteiger partial charge on any atom is -0.481 e. The molecule has 1 heterocycles. The topological polar surface area (TPSA) is 119 Å². The van der Waals surface area contributed by atoms with Gasteiger partial charge in [-0.2, -0.15) is 8.78 Å². The van der Waals surface area contributed by atoms with Gasteiger partial charge in [-0.05, 0) is 72.4 Å². The van der Waals surface area contributed by atoms with Gasteiger partial charge in [0.05, 0.1) is 12.0 Å². The number of hydrogen-bond donors (Lipinski definition) is 2. The first-order valence-corrected chi connectivity index (χ1v) is 13.2. The Kier molecular flexibility index (Phi) is 7.89. The monoisotopic (exact) mass is 597 g/mol. The van der Waals surface area contributed by atoms with Gasteiger partial charge in [-0.3, -0.25) is 19.2 Å². The van der Waals surface area contributed by atoms with Gasteiger partial charge in [0.1, 0.15) is 5.75 Å². The summed E-state index contributed by atoms with van der Waals surface area (Å²) >= 11 is 0. The molecule has 0 saturated carbocycles. The predicted octanol–water partition coefficient (Wildman–Crippen LogP) is 5.54. The quantitative estimate of drug-likeness (QED) is 0.189. The second kappa shape index (κ2) is 11.4. The van der Waals surface area contributed by atoms with Gasteiger partial charge in [0.2, 0.25) is 0 Å². The SMILES string of the molecule is O=C(O)CCNC(=O)c1ccc(C(=O)C(=CC(=O)c2ccc3c(c2)C(F)(F)OC(F)(F)O3)c2ccc3c(c2)CCC3)cc1. The van der Waals surface area contributed by atoms with Gasteiger partial charge in [0, 0.05) is 28.8 Å². The van der Waals surface area contributed by atoms with Crippen LogP contribution in [-0.2, 0) is 28.5 Å². The molecule has 3 aromatic rings. The van der Waals surface area contributed by atoms with E-state index in [1.54, 1.807) is 12.1 Å². The van der Waals surface area contributed by atoms with Gasteiger partial charge in [0.15, 0.2) is 11.6 Å². The minimum atomic E-state index is -4.57. The normalized spacial score (nSPS) is 16.4. The second-order valence-corrected chi connectivity index (χ2v) is 9.96. The number of carboxylic acids is 1. The average Bonchev–Trinajstić information content (AvgIpc) is 3.42. The van der Waals surface area contributed by atoms with Crippen LogP contribution in [0, 0.1) is 0 Å². The maximum Gasteiger partial charge on any atom is 0.540 e. The fraction of sp³-hybridized carbons (Fsp3) is 0.226. The lowest BCUT2D eigenvalue weighted by molar-refractivity contribution is -0.461. The van der Waals surface area contributed by atoms with E-state index >= 15 is 0 Å². The summed E-state index contributed by atoms with van der Waals surface area (Å²) in [5.41, 5.74) is 1.35. The van der Waals surface area contributed by atoms with Crippen molar-refractivity contribution >= 4 is 29.0 Å². The van der Waals surface area contributed by atoms with Crippen molar-refractivity contribution in [2.45, 2.75) is 38.1 Å². The Morgan fingerprint density at radius 2 is 1.49 bits per heavy atom. The van der Waals surface area contributed by atoms with Crippen LogP contribution in [0.2, 0.25) is 0 Å². The molecule has 2 N–H and O–H groups in total. The molecule has 0 bridgehead atoms. The lowest BCUT2D eigenvalue weighted by Gasteiger charge is -2.30. The molecule has 0 atom stereocenters. The minimum absolute atomic E-state index is 0.0538. The number of fused-ring (bicyclic) bond motifs is 2. The fourth-order valence-corrected chi connectivity index (χ4v) is 4.90. The van der Waals surface area contributed by atoms with E-state index in [0.29, 0.717) is 11.6 Å². The first kappa shape index (κ1) is 29.6. The largest absolute Gasteiger partial charge is 0.540 e. The summed E-state index contributed by atoms with van der Waals surface area (Å²) in [6, 6.07) is 13.3. The molecule has 0 radical (unpaired) electrons. The molecule has 3 aromatic carbocycles. The van der Waals surface area contributed by atoms with E-state index in [1.807, 2.05) is 6.07 Å². The second-order valence-electron chi connectivity index (χ2n) is 9.96. The molecule has 8 nitrogen and oxygen atoms in total. The number of alkyl halides is 4. The Bertz CT molecular complexity index is 1670. The van der Waals surface area contributed by atoms with Crippen molar-refractivity contribution in [3.8, 4) is 5.75 Å². The summed E-state index contributed by atoms with van der Waals surface area (Å²) < 4.78 is 63.1. The average molecular weight is 598 g/mol. The van der Waals surface area contributed by atoms with Gasteiger partial charge >= 0.3 is 18.4 Å². The maximum atomic E-state index is 14.3. The van der Waals surface area contributed by atoms with Gasteiger partial charge in [0.25, 0.3) is 5.91 Å². The van der Waals surface area contributed by atoms with Gasteiger partial charge < -0.3 is 15.2 Å². The molecule has 0 aromatic heterocycles. The van der Waals surface area contributed by atoms with E-state index in [2.05, 4.69) is 14.8 Å². The highest BCUT2D eigenvalue weighted by molar-refractivity contribution is 6.32. The smallest absolute Gasteiger partial charge is 0.481 e. The van der Waals surface area contributed by atoms with E-state index in [9.17, 15) is 36.7 Å². The highest BCUT2D eigenvalue weighted by Crippen LogP contribution is 2.46. The predicted molar refractivity (Wildman–Crippen MR) is 143 cm³/mol. The number of aryl methyl sites for hydroxylation is 2. The van der Waals surface area contributed by atoms with Crippen LogP contribution >= 0.6 is 0 Å². The van der Waals surface area contributed by atoms with E-state index in [1.165, 1.54) is 24.3 Å². The number of ketones is 2. The van der Waals surface area contributed by atoms with Crippen molar-refractivity contribution in [3.63, 3.8) is 0 Å². The Morgan fingerprint density at radius 1 is 0.837 bits per heavy atom. The van der Waals surface area contributed by atoms with Crippen molar-refractivity contribution in [1.29, 1.82) is 0 Å². The first-order chi connectivity index (χ1) is 20.3. The highest BCUT2D eigenvalue weighted by Gasteiger charge is 2.54. The molecule has 222 valence electrons. The molecule has 1 aliphatic carbocycles. The number of Topliss-reactive ketones (excluding diaryl/α,β-unsaturated/α-hetero) is 1. The summed E-state index contributed by atoms with van der Waals surface area (Å²) in [7, 11) is 0. The molecule has 0 fully saturated rings. The van der Waals surface area contributed by atoms with Crippen LogP contribution in [0.15, 0.2) is 66.7 Å². The molecule has 43 heavy (non-hydrogen) atoms. The summed E-state index contributed by atoms with van der Waals surface area (Å²) in [6.45, 7) is -0.0858. The number of aliphatic carboxylic acids is 1.